The van der Waals surface area contributed by atoms with Crippen molar-refractivity contribution in [2.24, 2.45) is 0 Å². The fourth-order valence-electron chi connectivity index (χ4n) is 4.61. The maximum absolute atomic E-state index is 13.4. The van der Waals surface area contributed by atoms with Crippen LogP contribution in [0.3, 0.4) is 0 Å². The van der Waals surface area contributed by atoms with E-state index in [-0.39, 0.29) is 30.8 Å². The number of carboxylic acids is 1. The molecule has 0 saturated carbocycles. The highest BCUT2D eigenvalue weighted by atomic mass is 32.2. The number of carbonyl (C=O) groups is 4. The fourth-order valence-corrected chi connectivity index (χ4v) is 5.08. The average Bonchev–Trinajstić information content (AvgIpc) is 3.39. The Morgan fingerprint density at radius 1 is 1.13 bits per heavy atom. The minimum absolute atomic E-state index is 0.0596. The summed E-state index contributed by atoms with van der Waals surface area (Å²) in [7, 11) is 1.58. The minimum Gasteiger partial charge on any atom is -0.508 e. The van der Waals surface area contributed by atoms with Gasteiger partial charge in [0, 0.05) is 37.3 Å². The van der Waals surface area contributed by atoms with Gasteiger partial charge in [0.1, 0.15) is 35.7 Å². The molecule has 2 aromatic rings. The molecule has 1 saturated heterocycles. The second-order valence-electron chi connectivity index (χ2n) is 10.7. The van der Waals surface area contributed by atoms with Crippen LogP contribution >= 0.6 is 11.8 Å². The molecule has 1 aliphatic heterocycles. The zero-order valence-corrected chi connectivity index (χ0v) is 26.7. The number of aromatic nitrogens is 2. The van der Waals surface area contributed by atoms with Crippen molar-refractivity contribution in [2.45, 2.75) is 62.7 Å². The van der Waals surface area contributed by atoms with E-state index >= 15 is 0 Å². The van der Waals surface area contributed by atoms with E-state index in [0.717, 1.165) is 10.6 Å². The number of nitrogens with zero attached hydrogens (tertiary/aromatic N) is 1. The lowest BCUT2D eigenvalue weighted by Gasteiger charge is -2.27. The molecule has 0 bridgehead atoms. The number of aromatic hydroxyl groups is 1. The highest BCUT2D eigenvalue weighted by Gasteiger charge is 2.34. The summed E-state index contributed by atoms with van der Waals surface area (Å²) < 4.78 is 6.62. The molecule has 9 N–H and O–H groups in total. The summed E-state index contributed by atoms with van der Waals surface area (Å²) in [6.45, 7) is 1.64. The van der Waals surface area contributed by atoms with Gasteiger partial charge in [-0.1, -0.05) is 12.1 Å². The normalized spacial score (nSPS) is 19.1. The van der Waals surface area contributed by atoms with Gasteiger partial charge in [0.05, 0.1) is 0 Å². The number of amides is 4. The Morgan fingerprint density at radius 3 is 2.49 bits per heavy atom. The number of thioether (sulfide) groups is 1. The first kappa shape index (κ1) is 36.7. The monoisotopic (exact) mass is 677 g/mol. The Morgan fingerprint density at radius 2 is 1.85 bits per heavy atom. The third kappa shape index (κ3) is 10.6. The molecule has 0 radical (unpaired) electrons. The third-order valence-corrected chi connectivity index (χ3v) is 7.88. The molecule has 3 unspecified atom stereocenters. The first-order valence-corrected chi connectivity index (χ1v) is 15.9. The third-order valence-electron chi connectivity index (χ3n) is 7.23. The molecule has 1 aromatic heterocycles. The maximum Gasteiger partial charge on any atom is 0.331 e. The number of nitrogens with one attached hydrogen (secondary N) is 6. The number of ether oxygens (including phenoxy) is 1. The van der Waals surface area contributed by atoms with Crippen LogP contribution in [0.1, 0.15) is 31.6 Å². The first-order chi connectivity index (χ1) is 22.3. The quantitative estimate of drug-likeness (QED) is 0.107. The van der Waals surface area contributed by atoms with E-state index in [1.807, 2.05) is 0 Å². The average molecular weight is 678 g/mol. The number of carbonyl (C=O) groups excluding carboxylic acids is 3. The Labute approximate surface area is 273 Å². The summed E-state index contributed by atoms with van der Waals surface area (Å²) in [4.78, 5) is 76.9. The molecule has 1 aromatic carbocycles. The lowest BCUT2D eigenvalue weighted by Crippen LogP contribution is -2.60. The number of aliphatic carboxylic acids is 1. The molecule has 2 heterocycles. The van der Waals surface area contributed by atoms with Gasteiger partial charge in [0.25, 0.3) is 5.56 Å². The van der Waals surface area contributed by atoms with Crippen molar-refractivity contribution < 1.29 is 39.2 Å². The van der Waals surface area contributed by atoms with Crippen molar-refractivity contribution >= 4 is 35.6 Å². The lowest BCUT2D eigenvalue weighted by atomic mass is 10.1. The van der Waals surface area contributed by atoms with Crippen molar-refractivity contribution in [1.82, 2.24) is 36.1 Å². The minimum atomic E-state index is -1.37. The predicted molar refractivity (Wildman–Crippen MR) is 170 cm³/mol. The van der Waals surface area contributed by atoms with Gasteiger partial charge in [0.15, 0.2) is 0 Å². The van der Waals surface area contributed by atoms with Crippen molar-refractivity contribution in [3.8, 4) is 5.75 Å². The number of aromatic amines is 1. The maximum atomic E-state index is 13.4. The van der Waals surface area contributed by atoms with E-state index in [2.05, 4.69) is 31.6 Å². The summed E-state index contributed by atoms with van der Waals surface area (Å²) >= 11 is 1.41. The van der Waals surface area contributed by atoms with Crippen LogP contribution in [0.15, 0.2) is 58.1 Å². The van der Waals surface area contributed by atoms with Crippen molar-refractivity contribution in [1.29, 1.82) is 0 Å². The number of phenolic OH excluding ortho intramolecular Hbond substituents is 1. The van der Waals surface area contributed by atoms with E-state index in [1.165, 1.54) is 36.3 Å². The highest BCUT2D eigenvalue weighted by molar-refractivity contribution is 7.98. The number of aliphatic hydroxyl groups is 1. The molecule has 6 atom stereocenters. The van der Waals surface area contributed by atoms with Crippen LogP contribution < -0.4 is 37.8 Å². The number of urea groups is 1. The van der Waals surface area contributed by atoms with Crippen LogP contribution in [-0.4, -0.2) is 98.0 Å². The van der Waals surface area contributed by atoms with Gasteiger partial charge < -0.3 is 46.6 Å². The molecular formula is C29H39N7O10S. The Bertz CT molecular complexity index is 1580. The molecule has 1 fully saturated rings. The SMILES string of the molecule is CN[C@@H](C)C(NC(=O)C(CCSC)NC(=O)NC(Cc1cccc(O)c1)C(=O)O)C(=O)N/C=C1/C[C@@H](O)[C@H](n2ccc(=O)[nH]c2=O)O1. The van der Waals surface area contributed by atoms with Gasteiger partial charge in [0.2, 0.25) is 18.0 Å². The smallest absolute Gasteiger partial charge is 0.331 e. The molecule has 47 heavy (non-hydrogen) atoms. The van der Waals surface area contributed by atoms with E-state index in [0.29, 0.717) is 11.3 Å². The summed E-state index contributed by atoms with van der Waals surface area (Å²) in [6.07, 6.45) is 1.83. The number of likely N-dealkylation sites (N-methyl/N-ethyl adjacent to an activating group) is 1. The van der Waals surface area contributed by atoms with Gasteiger partial charge in [-0.2, -0.15) is 11.8 Å². The Balaban J connectivity index is 1.67. The topological polar surface area (TPSA) is 253 Å². The van der Waals surface area contributed by atoms with Gasteiger partial charge in [-0.25, -0.2) is 14.4 Å². The molecule has 17 nitrogen and oxygen atoms in total. The first-order valence-electron chi connectivity index (χ1n) is 14.5. The number of hydrogen-bond donors (Lipinski definition) is 9. The predicted octanol–water partition coefficient (Wildman–Crippen LogP) is -1.31. The van der Waals surface area contributed by atoms with Crippen LogP contribution in [0.4, 0.5) is 4.79 Å². The second-order valence-corrected chi connectivity index (χ2v) is 11.7. The molecule has 4 amide bonds. The Hall–Kier alpha value is -4.81. The van der Waals surface area contributed by atoms with Crippen LogP contribution in [0, 0.1) is 0 Å². The molecule has 0 aliphatic carbocycles. The summed E-state index contributed by atoms with van der Waals surface area (Å²) in [6, 6.07) is 1.86. The number of hydrogen-bond acceptors (Lipinski definition) is 11. The van der Waals surface area contributed by atoms with Gasteiger partial charge in [-0.05, 0) is 50.1 Å². The largest absolute Gasteiger partial charge is 0.508 e. The van der Waals surface area contributed by atoms with Crippen molar-refractivity contribution in [3.05, 3.63) is 74.9 Å². The fraction of sp³-hybridized carbons (Fsp3) is 0.448. The van der Waals surface area contributed by atoms with Crippen molar-refractivity contribution in [2.75, 3.05) is 19.1 Å². The molecule has 0 spiro atoms. The van der Waals surface area contributed by atoms with Crippen LogP contribution in [0.25, 0.3) is 0 Å². The van der Waals surface area contributed by atoms with E-state index < -0.39 is 71.6 Å². The summed E-state index contributed by atoms with van der Waals surface area (Å²) in [5, 5.41) is 42.6. The second kappa shape index (κ2) is 17.2. The Kier molecular flexibility index (Phi) is 13.4. The molecular weight excluding hydrogens is 638 g/mol. The number of phenols is 1. The van der Waals surface area contributed by atoms with Gasteiger partial charge >= 0.3 is 17.7 Å². The molecule has 256 valence electrons. The number of aliphatic hydroxyl groups excluding tert-OH is 1. The summed E-state index contributed by atoms with van der Waals surface area (Å²) in [5.41, 5.74) is -0.933. The molecule has 1 aliphatic rings. The van der Waals surface area contributed by atoms with Gasteiger partial charge in [-0.15, -0.1) is 0 Å². The highest BCUT2D eigenvalue weighted by Crippen LogP contribution is 2.29. The number of rotatable bonds is 15. The van der Waals surface area contributed by atoms with E-state index in [9.17, 15) is 44.1 Å². The zero-order valence-electron chi connectivity index (χ0n) is 25.9. The van der Waals surface area contributed by atoms with E-state index in [1.54, 1.807) is 32.4 Å². The number of benzene rings is 1. The van der Waals surface area contributed by atoms with Crippen LogP contribution in [0.2, 0.25) is 0 Å². The number of H-pyrrole nitrogens is 1. The molecule has 3 rings (SSSR count). The lowest BCUT2D eigenvalue weighted by molar-refractivity contribution is -0.139. The van der Waals surface area contributed by atoms with Crippen LogP contribution in [0.5, 0.6) is 5.75 Å². The standard InChI is InChI=1S/C29H39N7O10S/c1-15(30-2)23(25(41)31-14-18-13-21(38)26(46-18)36-9-7-22(39)34-29(36)45)35-24(40)19(8-10-47-3)32-28(44)33-20(27(42)43)12-16-5-4-6-17(37)11-16/h4-7,9,11,14-15,19-21,23,26,30,37-38H,8,10,12-13H2,1-3H3,(H,31,41)(H,35,40)(H,42,43)(H2,32,33,44)(H,34,39,45)/b18-14-/t15-,19?,20?,21+,23?,26+/m0/s1. The summed E-state index contributed by atoms with van der Waals surface area (Å²) in [5.74, 6) is -2.16. The molecule has 18 heteroatoms. The van der Waals surface area contributed by atoms with Crippen molar-refractivity contribution in [3.63, 3.8) is 0 Å². The number of carboxylic acid groups (broad SMARTS) is 1. The van der Waals surface area contributed by atoms with E-state index in [4.69, 9.17) is 4.74 Å². The van der Waals surface area contributed by atoms with Gasteiger partial charge in [-0.3, -0.25) is 23.9 Å². The van der Waals surface area contributed by atoms with Crippen LogP contribution in [-0.2, 0) is 25.5 Å². The zero-order chi connectivity index (χ0) is 34.7.